The average Bonchev–Trinajstić information content (AvgIpc) is 3.19. The lowest BCUT2D eigenvalue weighted by Gasteiger charge is -2.45. The van der Waals surface area contributed by atoms with E-state index in [0.29, 0.717) is 0 Å². The van der Waals surface area contributed by atoms with Gasteiger partial charge >= 0.3 is 5.97 Å². The Balaban J connectivity index is 1.18. The lowest BCUT2D eigenvalue weighted by Crippen LogP contribution is -2.63. The van der Waals surface area contributed by atoms with E-state index in [2.05, 4.69) is 0 Å². The Kier molecular flexibility index (Phi) is 14.7. The summed E-state index contributed by atoms with van der Waals surface area (Å²) in [7, 11) is 0. The summed E-state index contributed by atoms with van der Waals surface area (Å²) in [6.45, 7) is 1.53. The molecule has 4 aromatic carbocycles. The zero-order valence-electron chi connectivity index (χ0n) is 30.1. The van der Waals surface area contributed by atoms with Crippen molar-refractivity contribution in [1.82, 2.24) is 0 Å². The van der Waals surface area contributed by atoms with Crippen LogP contribution >= 0.6 is 0 Å². The Morgan fingerprint density at radius 2 is 0.926 bits per heavy atom. The largest absolute Gasteiger partial charge is 0.454 e. The minimum absolute atomic E-state index is 0.0367. The first-order chi connectivity index (χ1) is 26.4. The van der Waals surface area contributed by atoms with E-state index >= 15 is 0 Å². The topological polar surface area (TPSA) is 152 Å². The highest BCUT2D eigenvalue weighted by Crippen LogP contribution is 2.31. The molecule has 6 rings (SSSR count). The van der Waals surface area contributed by atoms with Crippen LogP contribution in [0.4, 0.5) is 0 Å². The molecule has 0 spiro atoms. The maximum atomic E-state index is 12.4. The van der Waals surface area contributed by atoms with E-state index in [1.807, 2.05) is 121 Å². The van der Waals surface area contributed by atoms with Gasteiger partial charge in [-0.3, -0.25) is 4.79 Å². The van der Waals surface area contributed by atoms with Crippen LogP contribution in [0, 0.1) is 0 Å². The third-order valence-electron chi connectivity index (χ3n) is 9.23. The lowest BCUT2D eigenvalue weighted by atomic mass is 9.97. The second-order valence-electron chi connectivity index (χ2n) is 13.3. The second kappa shape index (κ2) is 20.0. The third kappa shape index (κ3) is 11.0. The number of carbonyl (C=O) groups excluding carboxylic acids is 1. The molecule has 2 aliphatic rings. The van der Waals surface area contributed by atoms with Crippen molar-refractivity contribution in [3.05, 3.63) is 144 Å². The van der Waals surface area contributed by atoms with Crippen molar-refractivity contribution < 1.29 is 58.0 Å². The first-order valence-corrected chi connectivity index (χ1v) is 18.1. The van der Waals surface area contributed by atoms with Crippen molar-refractivity contribution in [3.63, 3.8) is 0 Å². The van der Waals surface area contributed by atoms with Crippen LogP contribution in [0.15, 0.2) is 121 Å². The number of rotatable bonds is 17. The molecular weight excluding hydrogens is 696 g/mol. The summed E-state index contributed by atoms with van der Waals surface area (Å²) in [5.74, 6) is -0.645. The van der Waals surface area contributed by atoms with Gasteiger partial charge in [0.2, 0.25) is 0 Å². The molecule has 10 atom stereocenters. The van der Waals surface area contributed by atoms with Gasteiger partial charge < -0.3 is 53.2 Å². The Morgan fingerprint density at radius 1 is 0.519 bits per heavy atom. The molecule has 0 saturated carbocycles. The second-order valence-corrected chi connectivity index (χ2v) is 13.3. The summed E-state index contributed by atoms with van der Waals surface area (Å²) in [4.78, 5) is 12.4. The zero-order valence-corrected chi connectivity index (χ0v) is 30.1. The molecule has 2 saturated heterocycles. The summed E-state index contributed by atoms with van der Waals surface area (Å²) >= 11 is 0. The molecule has 12 nitrogen and oxygen atoms in total. The summed E-state index contributed by atoms with van der Waals surface area (Å²) in [6.07, 6.45) is -11.8. The van der Waals surface area contributed by atoms with Gasteiger partial charge in [0.1, 0.15) is 42.7 Å². The molecule has 54 heavy (non-hydrogen) atoms. The molecule has 0 bridgehead atoms. The number of hydrogen-bond acceptors (Lipinski definition) is 12. The number of benzene rings is 4. The minimum Gasteiger partial charge on any atom is -0.454 e. The normalized spacial score (nSPS) is 28.4. The SMILES string of the molecule is CC(=O)OC1C(OCC2OC(O)C(OCc3ccccc3)C(OCc3ccccc3)C2O)OC(COCc2ccccc2)C(O)C1OCc1ccccc1. The Morgan fingerprint density at radius 3 is 1.39 bits per heavy atom. The Bertz CT molecular complexity index is 1660. The summed E-state index contributed by atoms with van der Waals surface area (Å²) < 4.78 is 48.5. The van der Waals surface area contributed by atoms with Crippen LogP contribution in [-0.4, -0.2) is 95.9 Å². The van der Waals surface area contributed by atoms with Crippen LogP contribution in [0.1, 0.15) is 29.2 Å². The summed E-state index contributed by atoms with van der Waals surface area (Å²) in [6, 6.07) is 37.8. The van der Waals surface area contributed by atoms with E-state index < -0.39 is 67.4 Å². The molecule has 0 aromatic heterocycles. The van der Waals surface area contributed by atoms with E-state index in [0.717, 1.165) is 22.3 Å². The van der Waals surface area contributed by atoms with E-state index in [4.69, 9.17) is 37.9 Å². The van der Waals surface area contributed by atoms with Crippen molar-refractivity contribution in [3.8, 4) is 0 Å². The molecule has 288 valence electrons. The van der Waals surface area contributed by atoms with Crippen molar-refractivity contribution in [2.45, 2.75) is 94.8 Å². The van der Waals surface area contributed by atoms with Crippen molar-refractivity contribution in [2.24, 2.45) is 0 Å². The number of esters is 1. The fraction of sp³-hybridized carbons (Fsp3) is 0.405. The molecule has 0 amide bonds. The predicted molar refractivity (Wildman–Crippen MR) is 194 cm³/mol. The summed E-state index contributed by atoms with van der Waals surface area (Å²) in [5.41, 5.74) is 3.50. The Labute approximate surface area is 315 Å². The van der Waals surface area contributed by atoms with Crippen molar-refractivity contribution >= 4 is 5.97 Å². The molecule has 2 fully saturated rings. The number of hydrogen-bond donors (Lipinski definition) is 3. The Hall–Kier alpha value is -4.05. The molecule has 0 aliphatic carbocycles. The van der Waals surface area contributed by atoms with Gasteiger partial charge in [0.25, 0.3) is 0 Å². The highest BCUT2D eigenvalue weighted by Gasteiger charge is 2.51. The van der Waals surface area contributed by atoms with Gasteiger partial charge in [0.05, 0.1) is 39.6 Å². The quantitative estimate of drug-likeness (QED) is 0.134. The van der Waals surface area contributed by atoms with E-state index in [1.54, 1.807) is 0 Å². The standard InChI is InChI=1S/C42H48O12/c1-28(43)52-40-38(49-24-31-18-10-4-11-19-31)35(44)33(26-47-22-29-14-6-2-7-15-29)54-42(40)51-27-34-36(45)37(48-23-30-16-8-3-9-17-30)39(41(46)53-34)50-25-32-20-12-5-13-21-32/h2-21,33-42,44-46H,22-27H2,1H3. The fourth-order valence-corrected chi connectivity index (χ4v) is 6.44. The third-order valence-corrected chi connectivity index (χ3v) is 9.23. The maximum absolute atomic E-state index is 12.4. The van der Waals surface area contributed by atoms with Crippen LogP contribution in [0.2, 0.25) is 0 Å². The molecule has 2 heterocycles. The van der Waals surface area contributed by atoms with Crippen LogP contribution in [-0.2, 0) is 69.1 Å². The highest BCUT2D eigenvalue weighted by atomic mass is 16.7. The smallest absolute Gasteiger partial charge is 0.303 e. The number of aliphatic hydroxyl groups excluding tert-OH is 3. The zero-order chi connectivity index (χ0) is 37.7. The van der Waals surface area contributed by atoms with Gasteiger partial charge in [0.15, 0.2) is 18.7 Å². The molecule has 10 unspecified atom stereocenters. The maximum Gasteiger partial charge on any atom is 0.303 e. The lowest BCUT2D eigenvalue weighted by molar-refractivity contribution is -0.338. The minimum atomic E-state index is -1.49. The van der Waals surface area contributed by atoms with Crippen molar-refractivity contribution in [1.29, 1.82) is 0 Å². The van der Waals surface area contributed by atoms with Gasteiger partial charge in [-0.2, -0.15) is 0 Å². The number of carbonyl (C=O) groups is 1. The average molecular weight is 745 g/mol. The molecule has 4 aromatic rings. The molecule has 2 aliphatic heterocycles. The monoisotopic (exact) mass is 744 g/mol. The predicted octanol–water partition coefficient (Wildman–Crippen LogP) is 4.07. The van der Waals surface area contributed by atoms with Gasteiger partial charge in [-0.1, -0.05) is 121 Å². The van der Waals surface area contributed by atoms with Gasteiger partial charge in [-0.15, -0.1) is 0 Å². The first-order valence-electron chi connectivity index (χ1n) is 18.1. The van der Waals surface area contributed by atoms with E-state index in [1.165, 1.54) is 6.92 Å². The van der Waals surface area contributed by atoms with E-state index in [-0.39, 0.29) is 39.6 Å². The van der Waals surface area contributed by atoms with Crippen LogP contribution in [0.25, 0.3) is 0 Å². The summed E-state index contributed by atoms with van der Waals surface area (Å²) in [5, 5.41) is 34.5. The number of aliphatic hydroxyl groups is 3. The molecule has 12 heteroatoms. The first kappa shape index (κ1) is 39.6. The molecule has 3 N–H and O–H groups in total. The number of ether oxygens (including phenoxy) is 8. The van der Waals surface area contributed by atoms with Crippen LogP contribution in [0.5, 0.6) is 0 Å². The highest BCUT2D eigenvalue weighted by molar-refractivity contribution is 5.66. The van der Waals surface area contributed by atoms with Gasteiger partial charge in [-0.05, 0) is 22.3 Å². The molecular formula is C42H48O12. The molecule has 0 radical (unpaired) electrons. The van der Waals surface area contributed by atoms with Crippen LogP contribution in [0.3, 0.4) is 0 Å². The van der Waals surface area contributed by atoms with E-state index in [9.17, 15) is 20.1 Å². The fourth-order valence-electron chi connectivity index (χ4n) is 6.44. The van der Waals surface area contributed by atoms with Gasteiger partial charge in [0, 0.05) is 6.92 Å². The van der Waals surface area contributed by atoms with Crippen LogP contribution < -0.4 is 0 Å². The van der Waals surface area contributed by atoms with Crippen molar-refractivity contribution in [2.75, 3.05) is 13.2 Å². The van der Waals surface area contributed by atoms with Gasteiger partial charge in [-0.25, -0.2) is 0 Å².